The highest BCUT2D eigenvalue weighted by Gasteiger charge is 2.11. The van der Waals surface area contributed by atoms with Gasteiger partial charge in [-0.2, -0.15) is 0 Å². The number of rotatable bonds is 3. The third-order valence-electron chi connectivity index (χ3n) is 2.01. The van der Waals surface area contributed by atoms with Crippen molar-refractivity contribution < 1.29 is 4.79 Å². The van der Waals surface area contributed by atoms with Gasteiger partial charge in [-0.25, -0.2) is 9.97 Å². The molecule has 0 aliphatic carbocycles. The Morgan fingerprint density at radius 3 is 2.71 bits per heavy atom. The van der Waals surface area contributed by atoms with Crippen LogP contribution < -0.4 is 16.6 Å². The first-order valence-electron chi connectivity index (χ1n) is 4.80. The summed E-state index contributed by atoms with van der Waals surface area (Å²) in [7, 11) is 0. The van der Waals surface area contributed by atoms with E-state index < -0.39 is 0 Å². The average Bonchev–Trinajstić information content (AvgIpc) is 2.40. The Morgan fingerprint density at radius 2 is 2.00 bits per heavy atom. The van der Waals surface area contributed by atoms with Crippen LogP contribution in [0.3, 0.4) is 0 Å². The summed E-state index contributed by atoms with van der Waals surface area (Å²) in [4.78, 5) is 23.5. The van der Waals surface area contributed by atoms with E-state index in [9.17, 15) is 4.79 Å². The van der Waals surface area contributed by atoms with Crippen LogP contribution in [0.1, 0.15) is 10.4 Å². The molecule has 2 aromatic rings. The Morgan fingerprint density at radius 1 is 1.24 bits per heavy atom. The van der Waals surface area contributed by atoms with Crippen molar-refractivity contribution in [2.24, 2.45) is 5.84 Å². The number of hydrogen-bond acceptors (Lipinski definition) is 6. The summed E-state index contributed by atoms with van der Waals surface area (Å²) in [6, 6.07) is 3.26. The third kappa shape index (κ3) is 2.52. The molecule has 0 saturated carbocycles. The first-order chi connectivity index (χ1) is 8.31. The minimum absolute atomic E-state index is 0.226. The number of pyridine rings is 1. The van der Waals surface area contributed by atoms with E-state index in [1.807, 2.05) is 0 Å². The molecule has 1 amide bonds. The van der Waals surface area contributed by atoms with Gasteiger partial charge < -0.3 is 5.43 Å². The summed E-state index contributed by atoms with van der Waals surface area (Å²) < 4.78 is 0. The predicted octanol–water partition coefficient (Wildman–Crippen LogP) is 0.409. The molecule has 4 N–H and O–H groups in total. The zero-order chi connectivity index (χ0) is 12.1. The molecular formula is C10H10N6O. The second-order valence-corrected chi connectivity index (χ2v) is 3.09. The molecule has 7 nitrogen and oxygen atoms in total. The number of aromatic nitrogens is 3. The highest BCUT2D eigenvalue weighted by molar-refractivity contribution is 6.06. The van der Waals surface area contributed by atoms with Gasteiger partial charge in [-0.3, -0.25) is 20.9 Å². The van der Waals surface area contributed by atoms with Crippen LogP contribution in [0.5, 0.6) is 0 Å². The number of amides is 1. The van der Waals surface area contributed by atoms with E-state index in [-0.39, 0.29) is 11.9 Å². The van der Waals surface area contributed by atoms with E-state index in [1.165, 1.54) is 24.8 Å². The Bertz CT molecular complexity index is 515. The maximum absolute atomic E-state index is 11.9. The largest absolute Gasteiger partial charge is 0.323 e. The number of nitrogens with two attached hydrogens (primary N) is 1. The summed E-state index contributed by atoms with van der Waals surface area (Å²) in [6.07, 6.45) is 6.01. The monoisotopic (exact) mass is 230 g/mol. The standard InChI is InChI=1S/C10H10N6O/c11-16-8-2-5-12-6-7(8)9(17)15-10-13-3-1-4-14-10/h1-6H,11H2,(H,12,16)(H,13,14,15,17). The maximum atomic E-state index is 11.9. The van der Waals surface area contributed by atoms with Crippen molar-refractivity contribution in [2.75, 3.05) is 10.7 Å². The minimum Gasteiger partial charge on any atom is -0.323 e. The number of carbonyl (C=O) groups excluding carboxylic acids is 1. The molecule has 2 heterocycles. The normalized spacial score (nSPS) is 9.71. The molecule has 0 aliphatic heterocycles. The van der Waals surface area contributed by atoms with E-state index in [2.05, 4.69) is 25.7 Å². The Kier molecular flexibility index (Phi) is 3.22. The number of anilines is 2. The fourth-order valence-electron chi connectivity index (χ4n) is 1.23. The number of nitrogens with one attached hydrogen (secondary N) is 2. The van der Waals surface area contributed by atoms with Crippen molar-refractivity contribution in [1.29, 1.82) is 0 Å². The van der Waals surface area contributed by atoms with Gasteiger partial charge in [0.15, 0.2) is 0 Å². The lowest BCUT2D eigenvalue weighted by molar-refractivity contribution is 0.102. The molecule has 7 heteroatoms. The zero-order valence-electron chi connectivity index (χ0n) is 8.79. The number of hydrazine groups is 1. The third-order valence-corrected chi connectivity index (χ3v) is 2.01. The molecule has 0 unspecified atom stereocenters. The molecule has 17 heavy (non-hydrogen) atoms. The summed E-state index contributed by atoms with van der Waals surface area (Å²) in [5.41, 5.74) is 3.22. The molecule has 0 aliphatic rings. The van der Waals surface area contributed by atoms with Gasteiger partial charge in [0.2, 0.25) is 5.95 Å². The maximum Gasteiger partial charge on any atom is 0.261 e. The minimum atomic E-state index is -0.378. The molecule has 2 aromatic heterocycles. The Balaban J connectivity index is 2.20. The van der Waals surface area contributed by atoms with Crippen LogP contribution in [0.25, 0.3) is 0 Å². The van der Waals surface area contributed by atoms with Gasteiger partial charge in [-0.05, 0) is 12.1 Å². The van der Waals surface area contributed by atoms with E-state index in [4.69, 9.17) is 5.84 Å². The van der Waals surface area contributed by atoms with Crippen molar-refractivity contribution >= 4 is 17.5 Å². The zero-order valence-corrected chi connectivity index (χ0v) is 8.79. The van der Waals surface area contributed by atoms with Crippen LogP contribution in [-0.2, 0) is 0 Å². The van der Waals surface area contributed by atoms with Crippen molar-refractivity contribution in [3.05, 3.63) is 42.5 Å². The second-order valence-electron chi connectivity index (χ2n) is 3.09. The summed E-state index contributed by atoms with van der Waals surface area (Å²) in [5, 5.41) is 2.54. The van der Waals surface area contributed by atoms with E-state index in [1.54, 1.807) is 12.1 Å². The fourth-order valence-corrected chi connectivity index (χ4v) is 1.23. The predicted molar refractivity (Wildman–Crippen MR) is 62.0 cm³/mol. The Hall–Kier alpha value is -2.54. The lowest BCUT2D eigenvalue weighted by atomic mass is 10.2. The Labute approximate surface area is 97.1 Å². The van der Waals surface area contributed by atoms with Crippen molar-refractivity contribution in [3.8, 4) is 0 Å². The van der Waals surface area contributed by atoms with Crippen LogP contribution in [-0.4, -0.2) is 20.9 Å². The molecule has 2 rings (SSSR count). The molecule has 0 bridgehead atoms. The van der Waals surface area contributed by atoms with Gasteiger partial charge in [0, 0.05) is 24.8 Å². The van der Waals surface area contributed by atoms with Gasteiger partial charge in [0.05, 0.1) is 11.3 Å². The molecule has 0 aromatic carbocycles. The van der Waals surface area contributed by atoms with Gasteiger partial charge in [-0.15, -0.1) is 0 Å². The lowest BCUT2D eigenvalue weighted by Gasteiger charge is -2.07. The quantitative estimate of drug-likeness (QED) is 0.521. The molecule has 86 valence electrons. The molecule has 0 radical (unpaired) electrons. The second kappa shape index (κ2) is 4.99. The van der Waals surface area contributed by atoms with Crippen LogP contribution in [0.15, 0.2) is 36.9 Å². The average molecular weight is 230 g/mol. The molecule has 0 spiro atoms. The highest BCUT2D eigenvalue weighted by atomic mass is 16.1. The van der Waals surface area contributed by atoms with Gasteiger partial charge in [-0.1, -0.05) is 0 Å². The van der Waals surface area contributed by atoms with E-state index in [0.717, 1.165) is 0 Å². The van der Waals surface area contributed by atoms with Crippen molar-refractivity contribution in [1.82, 2.24) is 15.0 Å². The molecule has 0 saturated heterocycles. The SMILES string of the molecule is NNc1ccncc1C(=O)Nc1ncccn1. The van der Waals surface area contributed by atoms with Gasteiger partial charge in [0.25, 0.3) is 5.91 Å². The summed E-state index contributed by atoms with van der Waals surface area (Å²) >= 11 is 0. The number of carbonyl (C=O) groups is 1. The number of hydrogen-bond donors (Lipinski definition) is 3. The topological polar surface area (TPSA) is 106 Å². The van der Waals surface area contributed by atoms with Crippen molar-refractivity contribution in [3.63, 3.8) is 0 Å². The number of nitrogen functional groups attached to an aromatic ring is 1. The number of nitrogens with zero attached hydrogens (tertiary/aromatic N) is 3. The van der Waals surface area contributed by atoms with Crippen LogP contribution in [0.2, 0.25) is 0 Å². The first-order valence-corrected chi connectivity index (χ1v) is 4.80. The summed E-state index contributed by atoms with van der Waals surface area (Å²) in [6.45, 7) is 0. The molecule has 0 atom stereocenters. The van der Waals surface area contributed by atoms with Gasteiger partial charge in [0.1, 0.15) is 0 Å². The first kappa shape index (κ1) is 11.0. The molecule has 0 fully saturated rings. The fraction of sp³-hybridized carbons (Fsp3) is 0. The van der Waals surface area contributed by atoms with Crippen LogP contribution >= 0.6 is 0 Å². The van der Waals surface area contributed by atoms with Gasteiger partial charge >= 0.3 is 0 Å². The van der Waals surface area contributed by atoms with E-state index >= 15 is 0 Å². The lowest BCUT2D eigenvalue weighted by Crippen LogP contribution is -2.18. The van der Waals surface area contributed by atoms with Crippen molar-refractivity contribution in [2.45, 2.75) is 0 Å². The molecular weight excluding hydrogens is 220 g/mol. The van der Waals surface area contributed by atoms with Crippen LogP contribution in [0, 0.1) is 0 Å². The highest BCUT2D eigenvalue weighted by Crippen LogP contribution is 2.12. The van der Waals surface area contributed by atoms with Crippen LogP contribution in [0.4, 0.5) is 11.6 Å². The summed E-state index contributed by atoms with van der Waals surface area (Å²) in [5.74, 6) is 5.14. The smallest absolute Gasteiger partial charge is 0.261 e. The van der Waals surface area contributed by atoms with E-state index in [0.29, 0.717) is 11.3 Å².